The highest BCUT2D eigenvalue weighted by atomic mass is 16.7. The number of rotatable bonds is 11. The van der Waals surface area contributed by atoms with E-state index in [0.717, 1.165) is 24.0 Å². The van der Waals surface area contributed by atoms with Crippen LogP contribution in [-0.2, 0) is 36.7 Å². The monoisotopic (exact) mass is 567 g/mol. The van der Waals surface area contributed by atoms with Gasteiger partial charge in [-0.15, -0.1) is 0 Å². The molecule has 2 N–H and O–H groups in total. The fourth-order valence-electron chi connectivity index (χ4n) is 5.16. The summed E-state index contributed by atoms with van der Waals surface area (Å²) in [6.07, 6.45) is 2.26. The summed E-state index contributed by atoms with van der Waals surface area (Å²) in [5.74, 6) is 0.718. The summed E-state index contributed by atoms with van der Waals surface area (Å²) in [5, 5.41) is 15.6. The predicted octanol–water partition coefficient (Wildman–Crippen LogP) is 2.82. The van der Waals surface area contributed by atoms with Crippen LogP contribution in [0.2, 0.25) is 0 Å². The molecule has 13 nitrogen and oxygen atoms in total. The second-order valence-electron chi connectivity index (χ2n) is 10.0. The number of anilines is 3. The van der Waals surface area contributed by atoms with Gasteiger partial charge >= 0.3 is 6.03 Å². The van der Waals surface area contributed by atoms with Gasteiger partial charge in [0, 0.05) is 72.8 Å². The van der Waals surface area contributed by atoms with E-state index in [0.29, 0.717) is 55.4 Å². The molecule has 1 saturated heterocycles. The molecule has 2 aromatic rings. The molecule has 0 spiro atoms. The summed E-state index contributed by atoms with van der Waals surface area (Å²) in [6.45, 7) is 3.72. The Labute approximate surface area is 239 Å². The van der Waals surface area contributed by atoms with Crippen LogP contribution in [0.3, 0.4) is 0 Å². The maximum atomic E-state index is 13.5. The Bertz CT molecular complexity index is 1300. The van der Waals surface area contributed by atoms with Gasteiger partial charge in [0.1, 0.15) is 29.5 Å². The van der Waals surface area contributed by atoms with Gasteiger partial charge in [-0.3, -0.25) is 15.0 Å². The van der Waals surface area contributed by atoms with Crippen LogP contribution in [0, 0.1) is 11.3 Å². The second kappa shape index (κ2) is 13.7. The van der Waals surface area contributed by atoms with Crippen molar-refractivity contribution >= 4 is 29.3 Å². The van der Waals surface area contributed by atoms with Crippen molar-refractivity contribution in [2.45, 2.75) is 51.2 Å². The van der Waals surface area contributed by atoms with E-state index in [2.05, 4.69) is 21.7 Å². The average Bonchev–Trinajstić information content (AvgIpc) is 3.32. The molecule has 0 unspecified atom stereocenters. The first-order chi connectivity index (χ1) is 19.8. The van der Waals surface area contributed by atoms with Crippen molar-refractivity contribution < 1.29 is 28.5 Å². The molecule has 2 atom stereocenters. The molecule has 0 aromatic carbocycles. The van der Waals surface area contributed by atoms with Crippen LogP contribution in [0.4, 0.5) is 22.1 Å². The van der Waals surface area contributed by atoms with E-state index in [1.165, 1.54) is 27.5 Å². The number of likely N-dealkylation sites (tertiary alicyclic amines) is 1. The Morgan fingerprint density at radius 2 is 2.00 bits per heavy atom. The third kappa shape index (κ3) is 6.74. The highest BCUT2D eigenvalue weighted by Gasteiger charge is 2.34. The number of carbonyl (C=O) groups is 2. The van der Waals surface area contributed by atoms with E-state index in [4.69, 9.17) is 23.9 Å². The largest absolute Gasteiger partial charge is 0.383 e. The van der Waals surface area contributed by atoms with Crippen molar-refractivity contribution in [2.75, 3.05) is 63.7 Å². The van der Waals surface area contributed by atoms with Crippen LogP contribution in [0.15, 0.2) is 18.3 Å². The molecule has 0 saturated carbocycles. The Morgan fingerprint density at radius 1 is 1.22 bits per heavy atom. The van der Waals surface area contributed by atoms with Gasteiger partial charge in [0.25, 0.3) is 5.91 Å². The van der Waals surface area contributed by atoms with Crippen LogP contribution in [-0.4, -0.2) is 87.1 Å². The SMILES string of the molecule is COC[C@@H](C)Nc1cc(NC(=O)N2CCCc3cc(CN4CC[C@@H](OC)C4=O)c(C(OC)OC)nc32)ncc1C#N. The van der Waals surface area contributed by atoms with Crippen molar-refractivity contribution in [3.05, 3.63) is 40.7 Å². The minimum absolute atomic E-state index is 0.0606. The van der Waals surface area contributed by atoms with Crippen molar-refractivity contribution in [3.8, 4) is 6.07 Å². The number of fused-ring (bicyclic) bond motifs is 1. The van der Waals surface area contributed by atoms with Crippen molar-refractivity contribution in [1.82, 2.24) is 14.9 Å². The maximum absolute atomic E-state index is 13.5. The molecule has 220 valence electrons. The number of nitrogens with zero attached hydrogens (tertiary/aromatic N) is 5. The molecule has 4 rings (SSSR count). The van der Waals surface area contributed by atoms with Gasteiger partial charge in [0.05, 0.1) is 17.9 Å². The number of carbonyl (C=O) groups excluding carboxylic acids is 2. The van der Waals surface area contributed by atoms with E-state index in [1.54, 1.807) is 23.0 Å². The number of nitriles is 1. The quantitative estimate of drug-likeness (QED) is 0.388. The number of hydrogen-bond acceptors (Lipinski definition) is 10. The number of amides is 3. The number of urea groups is 1. The zero-order valence-corrected chi connectivity index (χ0v) is 24.1. The lowest BCUT2D eigenvalue weighted by Gasteiger charge is -2.31. The first kappa shape index (κ1) is 30.1. The minimum Gasteiger partial charge on any atom is -0.383 e. The second-order valence-corrected chi connectivity index (χ2v) is 10.0. The van der Waals surface area contributed by atoms with Crippen molar-refractivity contribution in [1.29, 1.82) is 5.26 Å². The summed E-state index contributed by atoms with van der Waals surface area (Å²) in [5.41, 5.74) is 3.07. The van der Waals surface area contributed by atoms with Crippen molar-refractivity contribution in [3.63, 3.8) is 0 Å². The fraction of sp³-hybridized carbons (Fsp3) is 0.536. The van der Waals surface area contributed by atoms with Crippen LogP contribution in [0.5, 0.6) is 0 Å². The maximum Gasteiger partial charge on any atom is 0.328 e. The number of pyridine rings is 2. The lowest BCUT2D eigenvalue weighted by Crippen LogP contribution is -2.40. The van der Waals surface area contributed by atoms with E-state index < -0.39 is 18.4 Å². The summed E-state index contributed by atoms with van der Waals surface area (Å²) in [6, 6.07) is 5.25. The molecule has 2 aliphatic rings. The Balaban J connectivity index is 1.61. The van der Waals surface area contributed by atoms with E-state index in [1.807, 2.05) is 13.0 Å². The number of nitrogens with one attached hydrogen (secondary N) is 2. The molecule has 0 radical (unpaired) electrons. The molecule has 0 bridgehead atoms. The zero-order chi connectivity index (χ0) is 29.5. The molecule has 2 aromatic heterocycles. The molecule has 4 heterocycles. The molecule has 0 aliphatic carbocycles. The first-order valence-electron chi connectivity index (χ1n) is 13.5. The van der Waals surface area contributed by atoms with Crippen molar-refractivity contribution in [2.24, 2.45) is 0 Å². The lowest BCUT2D eigenvalue weighted by molar-refractivity contribution is -0.136. The number of hydrogen-bond donors (Lipinski definition) is 2. The molecule has 2 aliphatic heterocycles. The first-order valence-corrected chi connectivity index (χ1v) is 13.5. The third-order valence-electron chi connectivity index (χ3n) is 7.14. The van der Waals surface area contributed by atoms with Crippen LogP contribution in [0.1, 0.15) is 48.4 Å². The molecule has 41 heavy (non-hydrogen) atoms. The summed E-state index contributed by atoms with van der Waals surface area (Å²) in [4.78, 5) is 38.7. The third-order valence-corrected chi connectivity index (χ3v) is 7.14. The highest BCUT2D eigenvalue weighted by Crippen LogP contribution is 2.33. The van der Waals surface area contributed by atoms with Gasteiger partial charge in [-0.1, -0.05) is 0 Å². The number of methoxy groups -OCH3 is 4. The Hall–Kier alpha value is -3.83. The van der Waals surface area contributed by atoms with Gasteiger partial charge in [-0.25, -0.2) is 14.8 Å². The molecule has 1 fully saturated rings. The molecule has 13 heteroatoms. The van der Waals surface area contributed by atoms with Crippen LogP contribution >= 0.6 is 0 Å². The standard InChI is InChI=1S/C28H37N7O6/c1-17(16-38-2)31-21-12-23(30-14-20(21)13-29)32-28(37)35-9-6-7-18-11-19(15-34-10-8-22(39-3)26(34)36)24(33-25(18)35)27(40-4)41-5/h11-12,14,17,22,27H,6-10,15-16H2,1-5H3,(H2,30,31,32,37)/t17-,22-/m1/s1. The molecular formula is C28H37N7O6. The summed E-state index contributed by atoms with van der Waals surface area (Å²) in [7, 11) is 6.17. The average molecular weight is 568 g/mol. The normalized spacial score (nSPS) is 17.4. The number of aromatic nitrogens is 2. The van der Waals surface area contributed by atoms with Gasteiger partial charge in [-0.05, 0) is 37.0 Å². The topological polar surface area (TPSA) is 151 Å². The predicted molar refractivity (Wildman–Crippen MR) is 150 cm³/mol. The smallest absolute Gasteiger partial charge is 0.328 e. The Kier molecular flexibility index (Phi) is 10.1. The fourth-order valence-corrected chi connectivity index (χ4v) is 5.16. The van der Waals surface area contributed by atoms with E-state index >= 15 is 0 Å². The van der Waals surface area contributed by atoms with Gasteiger partial charge in [-0.2, -0.15) is 5.26 Å². The molecular weight excluding hydrogens is 530 g/mol. The highest BCUT2D eigenvalue weighted by molar-refractivity contribution is 6.01. The minimum atomic E-state index is -0.791. The van der Waals surface area contributed by atoms with Crippen LogP contribution in [0.25, 0.3) is 0 Å². The van der Waals surface area contributed by atoms with E-state index in [9.17, 15) is 14.9 Å². The zero-order valence-electron chi connectivity index (χ0n) is 24.1. The number of aryl methyl sites for hydroxylation is 1. The lowest BCUT2D eigenvalue weighted by atomic mass is 10.0. The van der Waals surface area contributed by atoms with Gasteiger partial charge in [0.15, 0.2) is 0 Å². The number of ether oxygens (including phenoxy) is 4. The Morgan fingerprint density at radius 3 is 2.66 bits per heavy atom. The summed E-state index contributed by atoms with van der Waals surface area (Å²) < 4.78 is 21.6. The van der Waals surface area contributed by atoms with Gasteiger partial charge in [0.2, 0.25) is 6.29 Å². The van der Waals surface area contributed by atoms with Crippen LogP contribution < -0.4 is 15.5 Å². The van der Waals surface area contributed by atoms with E-state index in [-0.39, 0.29) is 17.8 Å². The molecule has 3 amide bonds. The summed E-state index contributed by atoms with van der Waals surface area (Å²) >= 11 is 0. The van der Waals surface area contributed by atoms with Gasteiger partial charge < -0.3 is 29.2 Å².